The van der Waals surface area contributed by atoms with Gasteiger partial charge in [-0.1, -0.05) is 6.07 Å². The quantitative estimate of drug-likeness (QED) is 0.201. The first-order valence-corrected chi connectivity index (χ1v) is 10.7. The topological polar surface area (TPSA) is 129 Å². The summed E-state index contributed by atoms with van der Waals surface area (Å²) in [5.41, 5.74) is 7.86. The maximum atomic E-state index is 12.8. The Bertz CT molecular complexity index is 997. The zero-order valence-electron chi connectivity index (χ0n) is 16.9. The molecule has 0 bridgehead atoms. The molecule has 3 rings (SSSR count). The van der Waals surface area contributed by atoms with Crippen LogP contribution in [0.4, 0.5) is 5.69 Å². The number of hydrogen-bond acceptors (Lipinski definition) is 8. The van der Waals surface area contributed by atoms with E-state index < -0.39 is 10.1 Å². The SMILES string of the molecule is COc1c(OS(=O)(=O)c2ccc(N)cc2)cc(C)cc1C1CCNCC1C=NN.Cl. The molecular weight excluding hydrogens is 428 g/mol. The fourth-order valence-electron chi connectivity index (χ4n) is 3.66. The largest absolute Gasteiger partial charge is 0.492 e. The van der Waals surface area contributed by atoms with Gasteiger partial charge in [0.15, 0.2) is 11.5 Å². The van der Waals surface area contributed by atoms with Crippen LogP contribution >= 0.6 is 12.4 Å². The first kappa shape index (κ1) is 23.8. The van der Waals surface area contributed by atoms with Crippen molar-refractivity contribution in [3.63, 3.8) is 0 Å². The Kier molecular flexibility index (Phi) is 7.94. The predicted molar refractivity (Wildman–Crippen MR) is 120 cm³/mol. The summed E-state index contributed by atoms with van der Waals surface area (Å²) in [6.07, 6.45) is 2.55. The zero-order valence-corrected chi connectivity index (χ0v) is 18.5. The van der Waals surface area contributed by atoms with E-state index in [-0.39, 0.29) is 34.9 Å². The number of rotatable bonds is 6. The van der Waals surface area contributed by atoms with Crippen molar-refractivity contribution >= 4 is 34.4 Å². The van der Waals surface area contributed by atoms with Crippen LogP contribution in [-0.4, -0.2) is 34.8 Å². The van der Waals surface area contributed by atoms with E-state index >= 15 is 0 Å². The average Bonchev–Trinajstić information content (AvgIpc) is 2.68. The highest BCUT2D eigenvalue weighted by Crippen LogP contribution is 2.42. The first-order valence-electron chi connectivity index (χ1n) is 9.28. The summed E-state index contributed by atoms with van der Waals surface area (Å²) in [5, 5.41) is 7.02. The number of ether oxygens (including phenoxy) is 1. The molecule has 1 aliphatic rings. The molecule has 164 valence electrons. The van der Waals surface area contributed by atoms with Crippen LogP contribution in [0.25, 0.3) is 0 Å². The van der Waals surface area contributed by atoms with E-state index in [0.29, 0.717) is 11.4 Å². The number of hydrogen-bond donors (Lipinski definition) is 3. The van der Waals surface area contributed by atoms with Crippen molar-refractivity contribution in [2.24, 2.45) is 16.9 Å². The second-order valence-corrected chi connectivity index (χ2v) is 8.60. The number of aryl methyl sites for hydroxylation is 1. The summed E-state index contributed by atoms with van der Waals surface area (Å²) in [7, 11) is -2.54. The minimum absolute atomic E-state index is 0. The van der Waals surface area contributed by atoms with Gasteiger partial charge in [0.25, 0.3) is 0 Å². The second-order valence-electron chi connectivity index (χ2n) is 7.05. The van der Waals surface area contributed by atoms with Crippen molar-refractivity contribution in [2.45, 2.75) is 24.2 Å². The van der Waals surface area contributed by atoms with E-state index in [1.165, 1.54) is 31.4 Å². The molecule has 10 heteroatoms. The van der Waals surface area contributed by atoms with Gasteiger partial charge in [-0.05, 0) is 61.7 Å². The standard InChI is InChI=1S/C20H26N4O4S.ClH/c1-13-9-18(17-7-8-23-11-14(17)12-24-22)20(27-2)19(10-13)28-29(25,26)16-5-3-15(21)4-6-16;/h3-6,9-10,12,14,17,23H,7-8,11,21-22H2,1-2H3;1H. The second kappa shape index (κ2) is 10.0. The number of nitrogen functional groups attached to an aromatic ring is 1. The molecule has 0 saturated carbocycles. The molecule has 8 nitrogen and oxygen atoms in total. The predicted octanol–water partition coefficient (Wildman–Crippen LogP) is 2.41. The van der Waals surface area contributed by atoms with E-state index in [1.807, 2.05) is 13.0 Å². The highest BCUT2D eigenvalue weighted by molar-refractivity contribution is 7.87. The third kappa shape index (κ3) is 5.16. The fourth-order valence-corrected chi connectivity index (χ4v) is 4.59. The van der Waals surface area contributed by atoms with Gasteiger partial charge in [-0.15, -0.1) is 12.4 Å². The van der Waals surface area contributed by atoms with Crippen LogP contribution in [0.15, 0.2) is 46.4 Å². The minimum atomic E-state index is -4.04. The number of anilines is 1. The van der Waals surface area contributed by atoms with Gasteiger partial charge < -0.3 is 25.8 Å². The Morgan fingerprint density at radius 3 is 2.57 bits per heavy atom. The third-order valence-electron chi connectivity index (χ3n) is 5.01. The molecule has 1 aliphatic heterocycles. The fraction of sp³-hybridized carbons (Fsp3) is 0.350. The van der Waals surface area contributed by atoms with Gasteiger partial charge in [-0.2, -0.15) is 13.5 Å². The number of nitrogens with zero attached hydrogens (tertiary/aromatic N) is 1. The van der Waals surface area contributed by atoms with E-state index in [0.717, 1.165) is 30.6 Å². The van der Waals surface area contributed by atoms with E-state index in [9.17, 15) is 8.42 Å². The molecule has 5 N–H and O–H groups in total. The lowest BCUT2D eigenvalue weighted by molar-refractivity contribution is 0.358. The number of piperidine rings is 1. The number of hydrazone groups is 1. The van der Waals surface area contributed by atoms with Crippen molar-refractivity contribution in [3.8, 4) is 11.5 Å². The summed E-state index contributed by atoms with van der Waals surface area (Å²) >= 11 is 0. The molecule has 2 unspecified atom stereocenters. The van der Waals surface area contributed by atoms with Crippen molar-refractivity contribution in [1.29, 1.82) is 0 Å². The Labute approximate surface area is 183 Å². The van der Waals surface area contributed by atoms with Crippen LogP contribution < -0.4 is 25.8 Å². The summed E-state index contributed by atoms with van der Waals surface area (Å²) in [6.45, 7) is 3.44. The summed E-state index contributed by atoms with van der Waals surface area (Å²) in [4.78, 5) is 0.0202. The smallest absolute Gasteiger partial charge is 0.339 e. The molecule has 1 saturated heterocycles. The Morgan fingerprint density at radius 2 is 1.93 bits per heavy atom. The van der Waals surface area contributed by atoms with Crippen LogP contribution in [0, 0.1) is 12.8 Å². The zero-order chi connectivity index (χ0) is 21.0. The van der Waals surface area contributed by atoms with Gasteiger partial charge in [-0.3, -0.25) is 0 Å². The number of nitrogens with one attached hydrogen (secondary N) is 1. The van der Waals surface area contributed by atoms with Crippen molar-refractivity contribution in [2.75, 3.05) is 25.9 Å². The lowest BCUT2D eigenvalue weighted by atomic mass is 9.80. The Hall–Kier alpha value is -2.49. The summed E-state index contributed by atoms with van der Waals surface area (Å²) < 4.78 is 36.7. The van der Waals surface area contributed by atoms with Gasteiger partial charge in [0.2, 0.25) is 0 Å². The van der Waals surface area contributed by atoms with E-state index in [2.05, 4.69) is 10.4 Å². The number of nitrogens with two attached hydrogens (primary N) is 2. The van der Waals surface area contributed by atoms with Crippen LogP contribution in [0.3, 0.4) is 0 Å². The third-order valence-corrected chi connectivity index (χ3v) is 6.25. The van der Waals surface area contributed by atoms with Gasteiger partial charge >= 0.3 is 10.1 Å². The summed E-state index contributed by atoms with van der Waals surface area (Å²) in [6, 6.07) is 9.50. The monoisotopic (exact) mass is 454 g/mol. The normalized spacial score (nSPS) is 19.3. The molecule has 2 aromatic carbocycles. The van der Waals surface area contributed by atoms with E-state index in [4.69, 9.17) is 20.5 Å². The Balaban J connectivity index is 0.00000320. The first-order chi connectivity index (χ1) is 13.9. The molecule has 0 aromatic heterocycles. The maximum absolute atomic E-state index is 12.8. The number of methoxy groups -OCH3 is 1. The van der Waals surface area contributed by atoms with Crippen LogP contribution in [0.2, 0.25) is 0 Å². The van der Waals surface area contributed by atoms with Crippen LogP contribution in [0.1, 0.15) is 23.5 Å². The van der Waals surface area contributed by atoms with Gasteiger partial charge in [0, 0.05) is 29.9 Å². The molecule has 2 atom stereocenters. The highest BCUT2D eigenvalue weighted by atomic mass is 35.5. The van der Waals surface area contributed by atoms with Gasteiger partial charge in [0.05, 0.1) is 7.11 Å². The molecular formula is C20H27ClN4O4S. The van der Waals surface area contributed by atoms with Crippen LogP contribution in [0.5, 0.6) is 11.5 Å². The van der Waals surface area contributed by atoms with Crippen molar-refractivity contribution in [1.82, 2.24) is 5.32 Å². The van der Waals surface area contributed by atoms with Gasteiger partial charge in [0.1, 0.15) is 4.90 Å². The summed E-state index contributed by atoms with van der Waals surface area (Å²) in [5.74, 6) is 6.07. The molecule has 0 radical (unpaired) electrons. The Morgan fingerprint density at radius 1 is 1.23 bits per heavy atom. The molecule has 1 fully saturated rings. The molecule has 1 heterocycles. The molecule has 0 amide bonds. The molecule has 0 aliphatic carbocycles. The molecule has 30 heavy (non-hydrogen) atoms. The number of benzene rings is 2. The number of halogens is 1. The molecule has 0 spiro atoms. The maximum Gasteiger partial charge on any atom is 0.339 e. The van der Waals surface area contributed by atoms with E-state index in [1.54, 1.807) is 12.3 Å². The van der Waals surface area contributed by atoms with Crippen molar-refractivity contribution in [3.05, 3.63) is 47.5 Å². The lowest BCUT2D eigenvalue weighted by Crippen LogP contribution is -2.36. The van der Waals surface area contributed by atoms with Crippen molar-refractivity contribution < 1.29 is 17.3 Å². The lowest BCUT2D eigenvalue weighted by Gasteiger charge is -2.31. The molecule has 2 aromatic rings. The van der Waals surface area contributed by atoms with Crippen LogP contribution in [-0.2, 0) is 10.1 Å². The highest BCUT2D eigenvalue weighted by Gasteiger charge is 2.30. The minimum Gasteiger partial charge on any atom is -0.492 e. The average molecular weight is 455 g/mol. The van der Waals surface area contributed by atoms with Gasteiger partial charge in [-0.25, -0.2) is 0 Å².